The third kappa shape index (κ3) is 5.93. The van der Waals surface area contributed by atoms with Gasteiger partial charge in [-0.2, -0.15) is 0 Å². The summed E-state index contributed by atoms with van der Waals surface area (Å²) in [5.74, 6) is -0.491. The fraction of sp³-hybridized carbons (Fsp3) is 0.440. The molecule has 1 aliphatic carbocycles. The molecule has 0 unspecified atom stereocenters. The van der Waals surface area contributed by atoms with Gasteiger partial charge in [-0.15, -0.1) is 0 Å². The van der Waals surface area contributed by atoms with Crippen molar-refractivity contribution in [2.45, 2.75) is 71.0 Å². The Hall–Kier alpha value is -3.22. The van der Waals surface area contributed by atoms with Gasteiger partial charge in [0.2, 0.25) is 11.8 Å². The molecule has 0 aliphatic heterocycles. The minimum atomic E-state index is -0.688. The van der Waals surface area contributed by atoms with Crippen LogP contribution >= 0.6 is 0 Å². The lowest BCUT2D eigenvalue weighted by molar-refractivity contribution is -0.385. The zero-order valence-corrected chi connectivity index (χ0v) is 18.8. The van der Waals surface area contributed by atoms with E-state index in [2.05, 4.69) is 5.32 Å². The Labute approximate surface area is 189 Å². The summed E-state index contributed by atoms with van der Waals surface area (Å²) in [5, 5.41) is 14.5. The minimum absolute atomic E-state index is 0.0870. The lowest BCUT2D eigenvalue weighted by atomic mass is 9.95. The van der Waals surface area contributed by atoms with Crippen molar-refractivity contribution >= 4 is 17.5 Å². The molecule has 0 bridgehead atoms. The predicted octanol–water partition coefficient (Wildman–Crippen LogP) is 4.31. The third-order valence-corrected chi connectivity index (χ3v) is 6.25. The van der Waals surface area contributed by atoms with E-state index < -0.39 is 11.0 Å². The standard InChI is InChI=1S/C25H31N3O4/c1-18-10-6-7-12-21(18)17-27(19(2)25(30)26-22-13-4-3-5-14-22)24(29)16-20-11-8-9-15-23(20)28(31)32/h6-12,15,19,22H,3-5,13-14,16-17H2,1-2H3,(H,26,30)/t19-/m1/s1. The second kappa shape index (κ2) is 10.9. The number of benzene rings is 2. The monoisotopic (exact) mass is 437 g/mol. The smallest absolute Gasteiger partial charge is 0.273 e. The van der Waals surface area contributed by atoms with Gasteiger partial charge >= 0.3 is 0 Å². The lowest BCUT2D eigenvalue weighted by Gasteiger charge is -2.31. The summed E-state index contributed by atoms with van der Waals surface area (Å²) < 4.78 is 0. The number of carbonyl (C=O) groups excluding carboxylic acids is 2. The van der Waals surface area contributed by atoms with Gasteiger partial charge in [0.15, 0.2) is 0 Å². The Bertz CT molecular complexity index is 969. The maximum absolute atomic E-state index is 13.4. The fourth-order valence-corrected chi connectivity index (χ4v) is 4.23. The summed E-state index contributed by atoms with van der Waals surface area (Å²) in [6.07, 6.45) is 5.17. The molecular formula is C25H31N3O4. The number of nitro benzene ring substituents is 1. The van der Waals surface area contributed by atoms with Crippen molar-refractivity contribution in [3.63, 3.8) is 0 Å². The van der Waals surface area contributed by atoms with Crippen molar-refractivity contribution in [1.29, 1.82) is 0 Å². The number of para-hydroxylation sites is 1. The molecule has 0 radical (unpaired) electrons. The van der Waals surface area contributed by atoms with Gasteiger partial charge in [0.1, 0.15) is 6.04 Å². The van der Waals surface area contributed by atoms with Crippen LogP contribution < -0.4 is 5.32 Å². The van der Waals surface area contributed by atoms with Crippen LogP contribution in [0.3, 0.4) is 0 Å². The van der Waals surface area contributed by atoms with Crippen molar-refractivity contribution in [2.75, 3.05) is 0 Å². The van der Waals surface area contributed by atoms with E-state index in [1.165, 1.54) is 17.4 Å². The number of rotatable bonds is 8. The Morgan fingerprint density at radius 1 is 1.06 bits per heavy atom. The van der Waals surface area contributed by atoms with Crippen LogP contribution in [-0.4, -0.2) is 33.7 Å². The van der Waals surface area contributed by atoms with E-state index in [0.717, 1.165) is 36.8 Å². The Morgan fingerprint density at radius 3 is 2.34 bits per heavy atom. The molecule has 7 nitrogen and oxygen atoms in total. The number of hydrogen-bond donors (Lipinski definition) is 1. The van der Waals surface area contributed by atoms with Gasteiger partial charge in [0, 0.05) is 24.2 Å². The average molecular weight is 438 g/mol. The molecule has 1 N–H and O–H groups in total. The fourth-order valence-electron chi connectivity index (χ4n) is 4.23. The normalized spacial score (nSPS) is 15.1. The highest BCUT2D eigenvalue weighted by molar-refractivity contribution is 5.88. The van der Waals surface area contributed by atoms with Crippen molar-refractivity contribution in [3.05, 3.63) is 75.3 Å². The van der Waals surface area contributed by atoms with Gasteiger partial charge in [0.25, 0.3) is 5.69 Å². The molecule has 1 aliphatic rings. The summed E-state index contributed by atoms with van der Waals surface area (Å²) in [6.45, 7) is 3.96. The molecule has 2 aromatic carbocycles. The van der Waals surface area contributed by atoms with Gasteiger partial charge in [0.05, 0.1) is 11.3 Å². The van der Waals surface area contributed by atoms with E-state index in [1.807, 2.05) is 31.2 Å². The first kappa shape index (κ1) is 23.4. The maximum Gasteiger partial charge on any atom is 0.273 e. The van der Waals surface area contributed by atoms with E-state index in [9.17, 15) is 19.7 Å². The molecule has 170 valence electrons. The summed E-state index contributed by atoms with van der Waals surface area (Å²) >= 11 is 0. The topological polar surface area (TPSA) is 92.6 Å². The number of aryl methyl sites for hydroxylation is 1. The van der Waals surface area contributed by atoms with Gasteiger partial charge in [-0.25, -0.2) is 0 Å². The molecule has 1 fully saturated rings. The molecule has 0 saturated heterocycles. The number of amides is 2. The highest BCUT2D eigenvalue weighted by Crippen LogP contribution is 2.22. The van der Waals surface area contributed by atoms with Gasteiger partial charge in [-0.05, 0) is 37.8 Å². The van der Waals surface area contributed by atoms with Gasteiger partial charge in [-0.1, -0.05) is 61.7 Å². The van der Waals surface area contributed by atoms with Crippen LogP contribution in [0, 0.1) is 17.0 Å². The first-order valence-electron chi connectivity index (χ1n) is 11.2. The molecule has 32 heavy (non-hydrogen) atoms. The molecule has 3 rings (SSSR count). The van der Waals surface area contributed by atoms with Crippen molar-refractivity contribution in [3.8, 4) is 0 Å². The van der Waals surface area contributed by atoms with Crippen LogP contribution in [0.15, 0.2) is 48.5 Å². The molecule has 7 heteroatoms. The average Bonchev–Trinajstić information content (AvgIpc) is 2.79. The maximum atomic E-state index is 13.4. The Balaban J connectivity index is 1.82. The van der Waals surface area contributed by atoms with Crippen molar-refractivity contribution in [2.24, 2.45) is 0 Å². The summed E-state index contributed by atoms with van der Waals surface area (Å²) in [6, 6.07) is 13.4. The summed E-state index contributed by atoms with van der Waals surface area (Å²) in [7, 11) is 0. The van der Waals surface area contributed by atoms with Crippen molar-refractivity contribution < 1.29 is 14.5 Å². The zero-order chi connectivity index (χ0) is 23.1. The molecule has 1 atom stereocenters. The number of carbonyl (C=O) groups is 2. The SMILES string of the molecule is Cc1ccccc1CN(C(=O)Cc1ccccc1[N+](=O)[O-])[C@H](C)C(=O)NC1CCCCC1. The molecule has 0 spiro atoms. The Morgan fingerprint density at radius 2 is 1.69 bits per heavy atom. The number of nitrogens with zero attached hydrogens (tertiary/aromatic N) is 2. The number of nitro groups is 1. The third-order valence-electron chi connectivity index (χ3n) is 6.25. The predicted molar refractivity (Wildman–Crippen MR) is 123 cm³/mol. The Kier molecular flexibility index (Phi) is 7.98. The second-order valence-electron chi connectivity index (χ2n) is 8.53. The lowest BCUT2D eigenvalue weighted by Crippen LogP contribution is -2.50. The largest absolute Gasteiger partial charge is 0.352 e. The van der Waals surface area contributed by atoms with Crippen molar-refractivity contribution in [1.82, 2.24) is 10.2 Å². The van der Waals surface area contributed by atoms with Crippen LogP contribution in [0.1, 0.15) is 55.7 Å². The van der Waals surface area contributed by atoms with Gasteiger partial charge < -0.3 is 10.2 Å². The van der Waals surface area contributed by atoms with E-state index >= 15 is 0 Å². The molecule has 2 aromatic rings. The minimum Gasteiger partial charge on any atom is -0.352 e. The second-order valence-corrected chi connectivity index (χ2v) is 8.53. The quantitative estimate of drug-likeness (QED) is 0.492. The highest BCUT2D eigenvalue weighted by Gasteiger charge is 2.29. The molecule has 0 heterocycles. The van der Waals surface area contributed by atoms with Crippen LogP contribution in [-0.2, 0) is 22.6 Å². The first-order valence-corrected chi connectivity index (χ1v) is 11.2. The van der Waals surface area contributed by atoms with Crippen LogP contribution in [0.2, 0.25) is 0 Å². The van der Waals surface area contributed by atoms with E-state index in [1.54, 1.807) is 25.1 Å². The summed E-state index contributed by atoms with van der Waals surface area (Å²) in [4.78, 5) is 38.9. The van der Waals surface area contributed by atoms with E-state index in [4.69, 9.17) is 0 Å². The van der Waals surface area contributed by atoms with E-state index in [-0.39, 0.29) is 36.5 Å². The molecular weight excluding hydrogens is 406 g/mol. The van der Waals surface area contributed by atoms with E-state index in [0.29, 0.717) is 5.56 Å². The molecule has 1 saturated carbocycles. The number of nitrogens with one attached hydrogen (secondary N) is 1. The van der Waals surface area contributed by atoms with Crippen LogP contribution in [0.5, 0.6) is 0 Å². The highest BCUT2D eigenvalue weighted by atomic mass is 16.6. The van der Waals surface area contributed by atoms with Crippen LogP contribution in [0.4, 0.5) is 5.69 Å². The van der Waals surface area contributed by atoms with Crippen LogP contribution in [0.25, 0.3) is 0 Å². The first-order chi connectivity index (χ1) is 15.4. The van der Waals surface area contributed by atoms with Gasteiger partial charge in [-0.3, -0.25) is 19.7 Å². The number of hydrogen-bond acceptors (Lipinski definition) is 4. The summed E-state index contributed by atoms with van der Waals surface area (Å²) in [5.41, 5.74) is 2.23. The molecule has 0 aromatic heterocycles. The molecule has 2 amide bonds. The zero-order valence-electron chi connectivity index (χ0n) is 18.8.